The van der Waals surface area contributed by atoms with Crippen LogP contribution in [0.25, 0.3) is 29.0 Å². The van der Waals surface area contributed by atoms with Gasteiger partial charge in [0.05, 0.1) is 30.0 Å². The second-order valence-electron chi connectivity index (χ2n) is 9.85. The van der Waals surface area contributed by atoms with Crippen LogP contribution in [0.3, 0.4) is 0 Å². The van der Waals surface area contributed by atoms with Crippen LogP contribution >= 0.6 is 0 Å². The van der Waals surface area contributed by atoms with Crippen LogP contribution in [0.5, 0.6) is 0 Å². The summed E-state index contributed by atoms with van der Waals surface area (Å²) in [5, 5.41) is 9.50. The van der Waals surface area contributed by atoms with E-state index in [1.165, 1.54) is 0 Å². The molecule has 38 heavy (non-hydrogen) atoms. The van der Waals surface area contributed by atoms with Gasteiger partial charge in [0.25, 0.3) is 0 Å². The Morgan fingerprint density at radius 1 is 1.03 bits per heavy atom. The van der Waals surface area contributed by atoms with Crippen molar-refractivity contribution >= 4 is 12.0 Å². The van der Waals surface area contributed by atoms with E-state index in [0.29, 0.717) is 36.9 Å². The van der Waals surface area contributed by atoms with E-state index in [-0.39, 0.29) is 11.8 Å². The monoisotopic (exact) mass is 510 g/mol. The van der Waals surface area contributed by atoms with Crippen molar-refractivity contribution in [3.63, 3.8) is 0 Å². The molecule has 5 heterocycles. The van der Waals surface area contributed by atoms with Crippen LogP contribution in [0.4, 0.5) is 0 Å². The average molecular weight is 511 g/mol. The van der Waals surface area contributed by atoms with Gasteiger partial charge in [-0.15, -0.1) is 0 Å². The van der Waals surface area contributed by atoms with Crippen LogP contribution in [0.15, 0.2) is 61.2 Å². The topological polar surface area (TPSA) is 94.6 Å². The van der Waals surface area contributed by atoms with Gasteiger partial charge in [-0.05, 0) is 56.4 Å². The summed E-state index contributed by atoms with van der Waals surface area (Å²) in [6.07, 6.45) is 13.8. The molecule has 0 aromatic carbocycles. The molecular weight excluding hydrogens is 476 g/mol. The molecule has 0 aliphatic carbocycles. The predicted molar refractivity (Wildman–Crippen MR) is 147 cm³/mol. The zero-order chi connectivity index (χ0) is 26.5. The summed E-state index contributed by atoms with van der Waals surface area (Å²) in [7, 11) is 0. The number of carbonyl (C=O) groups is 1. The van der Waals surface area contributed by atoms with E-state index in [9.17, 15) is 4.79 Å². The maximum atomic E-state index is 13.9. The van der Waals surface area contributed by atoms with Crippen molar-refractivity contribution in [2.75, 3.05) is 13.1 Å². The van der Waals surface area contributed by atoms with Gasteiger partial charge in [0.1, 0.15) is 11.4 Å². The number of nitrogens with zero attached hydrogens (tertiary/aromatic N) is 8. The Kier molecular flexibility index (Phi) is 7.83. The third-order valence-corrected chi connectivity index (χ3v) is 7.06. The van der Waals surface area contributed by atoms with Gasteiger partial charge in [-0.1, -0.05) is 26.0 Å². The van der Waals surface area contributed by atoms with Crippen molar-refractivity contribution in [1.82, 2.24) is 39.4 Å². The summed E-state index contributed by atoms with van der Waals surface area (Å²) in [4.78, 5) is 29.5. The highest BCUT2D eigenvalue weighted by molar-refractivity contribution is 6.01. The summed E-state index contributed by atoms with van der Waals surface area (Å²) in [6, 6.07) is 9.81. The molecule has 0 spiro atoms. The molecule has 1 unspecified atom stereocenters. The van der Waals surface area contributed by atoms with E-state index in [0.717, 1.165) is 42.0 Å². The van der Waals surface area contributed by atoms with Crippen molar-refractivity contribution in [2.24, 2.45) is 5.92 Å². The van der Waals surface area contributed by atoms with Gasteiger partial charge in [-0.3, -0.25) is 19.4 Å². The number of pyridine rings is 1. The highest BCUT2D eigenvalue weighted by Gasteiger charge is 2.31. The van der Waals surface area contributed by atoms with Gasteiger partial charge >= 0.3 is 0 Å². The number of carbonyl (C=O) groups excluding carboxylic acids is 1. The standard InChI is InChI=1S/C29H34N8O/c1-4-16-37-25(5-2)27(29-31-14-8-15-32-29)28(34-37)26(38)20-35-18-21(3)10-11-22(35)19-36-17-12-24(33-36)23-9-6-7-13-30-23/h4,6-9,12-17,21-22H,5,10-11,18-20H2,1-3H3/b16-4-/t21-,22?/m1/s1. The molecule has 4 aromatic rings. The highest BCUT2D eigenvalue weighted by atomic mass is 16.1. The van der Waals surface area contributed by atoms with Crippen LogP contribution < -0.4 is 0 Å². The minimum absolute atomic E-state index is 0.0147. The summed E-state index contributed by atoms with van der Waals surface area (Å²) in [5.74, 6) is 1.04. The Morgan fingerprint density at radius 2 is 1.84 bits per heavy atom. The van der Waals surface area contributed by atoms with Gasteiger partial charge in [-0.2, -0.15) is 10.2 Å². The molecule has 1 saturated heterocycles. The first-order valence-corrected chi connectivity index (χ1v) is 13.3. The molecule has 1 aliphatic heterocycles. The third kappa shape index (κ3) is 5.47. The Hall–Kier alpha value is -3.98. The number of rotatable bonds is 9. The fourth-order valence-electron chi connectivity index (χ4n) is 5.22. The first-order valence-electron chi connectivity index (χ1n) is 13.3. The first-order chi connectivity index (χ1) is 18.6. The summed E-state index contributed by atoms with van der Waals surface area (Å²) >= 11 is 0. The van der Waals surface area contributed by atoms with E-state index in [4.69, 9.17) is 10.2 Å². The number of piperidine rings is 1. The van der Waals surface area contributed by atoms with Gasteiger partial charge < -0.3 is 0 Å². The number of likely N-dealkylation sites (tertiary alicyclic amines) is 1. The Labute approximate surface area is 223 Å². The maximum Gasteiger partial charge on any atom is 0.197 e. The molecule has 196 valence electrons. The number of aromatic nitrogens is 7. The lowest BCUT2D eigenvalue weighted by Crippen LogP contribution is -2.47. The normalized spacial score (nSPS) is 18.3. The van der Waals surface area contributed by atoms with E-state index < -0.39 is 0 Å². The number of allylic oxidation sites excluding steroid dienone is 1. The molecule has 5 rings (SSSR count). The zero-order valence-corrected chi connectivity index (χ0v) is 22.2. The Balaban J connectivity index is 1.40. The molecule has 9 nitrogen and oxygen atoms in total. The van der Waals surface area contributed by atoms with E-state index in [2.05, 4.69) is 33.7 Å². The van der Waals surface area contributed by atoms with Gasteiger partial charge in [0.15, 0.2) is 11.6 Å². The molecule has 0 amide bonds. The maximum absolute atomic E-state index is 13.9. The van der Waals surface area contributed by atoms with Crippen molar-refractivity contribution in [3.05, 3.63) is 72.6 Å². The highest BCUT2D eigenvalue weighted by Crippen LogP contribution is 2.28. The predicted octanol–water partition coefficient (Wildman–Crippen LogP) is 4.64. The van der Waals surface area contributed by atoms with E-state index >= 15 is 0 Å². The third-order valence-electron chi connectivity index (χ3n) is 7.06. The van der Waals surface area contributed by atoms with Gasteiger partial charge in [-0.25, -0.2) is 14.6 Å². The minimum Gasteiger partial charge on any atom is -0.291 e. The smallest absolute Gasteiger partial charge is 0.197 e. The van der Waals surface area contributed by atoms with Crippen molar-refractivity contribution in [1.29, 1.82) is 0 Å². The summed E-state index contributed by atoms with van der Waals surface area (Å²) in [5.41, 5.74) is 3.80. The SMILES string of the molecule is C/C=C\n1nc(C(=O)CN2C[C@H](C)CCC2Cn2ccc(-c3ccccn3)n2)c(-c2ncccn2)c1CC. The summed E-state index contributed by atoms with van der Waals surface area (Å²) < 4.78 is 3.76. The number of hydrogen-bond acceptors (Lipinski definition) is 7. The second-order valence-corrected chi connectivity index (χ2v) is 9.85. The largest absolute Gasteiger partial charge is 0.291 e. The fraction of sp³-hybridized carbons (Fsp3) is 0.379. The molecule has 9 heteroatoms. The lowest BCUT2D eigenvalue weighted by atomic mass is 9.93. The van der Waals surface area contributed by atoms with Crippen LogP contribution in [0, 0.1) is 5.92 Å². The number of Topliss-reactive ketones (excluding diaryl/α,β-unsaturated/α-hetero) is 1. The van der Waals surface area contributed by atoms with Gasteiger partial charge in [0, 0.05) is 43.6 Å². The lowest BCUT2D eigenvalue weighted by molar-refractivity contribution is 0.0727. The molecular formula is C29H34N8O. The zero-order valence-electron chi connectivity index (χ0n) is 22.2. The molecule has 0 N–H and O–H groups in total. The van der Waals surface area contributed by atoms with E-state index in [1.807, 2.05) is 54.3 Å². The molecule has 4 aromatic heterocycles. The molecule has 0 bridgehead atoms. The minimum atomic E-state index is -0.0147. The van der Waals surface area contributed by atoms with Crippen molar-refractivity contribution in [2.45, 2.75) is 52.6 Å². The van der Waals surface area contributed by atoms with E-state index in [1.54, 1.807) is 29.3 Å². The lowest BCUT2D eigenvalue weighted by Gasteiger charge is -2.38. The Bertz CT molecular complexity index is 1390. The Morgan fingerprint density at radius 3 is 2.58 bits per heavy atom. The molecule has 0 radical (unpaired) electrons. The molecule has 2 atom stereocenters. The molecule has 1 fully saturated rings. The number of ketones is 1. The van der Waals surface area contributed by atoms with Gasteiger partial charge in [0.2, 0.25) is 0 Å². The van der Waals surface area contributed by atoms with Crippen LogP contribution in [-0.2, 0) is 13.0 Å². The second kappa shape index (κ2) is 11.6. The quantitative estimate of drug-likeness (QED) is 0.303. The van der Waals surface area contributed by atoms with Crippen LogP contribution in [0.2, 0.25) is 0 Å². The number of hydrogen-bond donors (Lipinski definition) is 0. The fourth-order valence-corrected chi connectivity index (χ4v) is 5.22. The molecule has 1 aliphatic rings. The van der Waals surface area contributed by atoms with Crippen molar-refractivity contribution < 1.29 is 4.79 Å². The van der Waals surface area contributed by atoms with Crippen LogP contribution in [0.1, 0.15) is 49.8 Å². The first kappa shape index (κ1) is 25.7. The summed E-state index contributed by atoms with van der Waals surface area (Å²) in [6.45, 7) is 8.12. The van der Waals surface area contributed by atoms with Crippen LogP contribution in [-0.4, -0.2) is 64.3 Å². The molecule has 0 saturated carbocycles. The van der Waals surface area contributed by atoms with Crippen molar-refractivity contribution in [3.8, 4) is 22.8 Å². The average Bonchev–Trinajstić information content (AvgIpc) is 3.56.